The first-order valence-electron chi connectivity index (χ1n) is 5.72. The fourth-order valence-electron chi connectivity index (χ4n) is 1.65. The Morgan fingerprint density at radius 2 is 2.00 bits per heavy atom. The molecule has 1 aromatic carbocycles. The van der Waals surface area contributed by atoms with Crippen molar-refractivity contribution in [3.63, 3.8) is 0 Å². The standard InChI is InChI=1S/C13H10FN3O4/c1-21-8-4-2-3-7(14)9(8)12(18)17-11-10(13(19)20)15-5-6-16-11/h2-6H,1H3,(H,19,20)(H,16,17,18). The second-order valence-electron chi connectivity index (χ2n) is 3.83. The van der Waals surface area contributed by atoms with Gasteiger partial charge in [-0.2, -0.15) is 0 Å². The summed E-state index contributed by atoms with van der Waals surface area (Å²) in [6.07, 6.45) is 2.38. The quantitative estimate of drug-likeness (QED) is 0.886. The van der Waals surface area contributed by atoms with E-state index in [1.165, 1.54) is 31.6 Å². The van der Waals surface area contributed by atoms with Crippen LogP contribution < -0.4 is 10.1 Å². The lowest BCUT2D eigenvalue weighted by Gasteiger charge is -2.10. The molecule has 0 fully saturated rings. The van der Waals surface area contributed by atoms with Crippen molar-refractivity contribution in [2.45, 2.75) is 0 Å². The number of benzene rings is 1. The molecule has 0 bridgehead atoms. The summed E-state index contributed by atoms with van der Waals surface area (Å²) in [6.45, 7) is 0. The van der Waals surface area contributed by atoms with E-state index in [0.29, 0.717) is 0 Å². The summed E-state index contributed by atoms with van der Waals surface area (Å²) in [6, 6.07) is 3.88. The monoisotopic (exact) mass is 291 g/mol. The minimum atomic E-state index is -1.36. The van der Waals surface area contributed by atoms with Gasteiger partial charge in [-0.15, -0.1) is 0 Å². The second kappa shape index (κ2) is 5.95. The molecular weight excluding hydrogens is 281 g/mol. The SMILES string of the molecule is COc1cccc(F)c1C(=O)Nc1nccnc1C(=O)O. The maximum absolute atomic E-state index is 13.8. The molecule has 1 aromatic heterocycles. The summed E-state index contributed by atoms with van der Waals surface area (Å²) >= 11 is 0. The Hall–Kier alpha value is -3.03. The normalized spacial score (nSPS) is 10.0. The number of ether oxygens (including phenoxy) is 1. The molecule has 0 aliphatic rings. The first kappa shape index (κ1) is 14.4. The highest BCUT2D eigenvalue weighted by Gasteiger charge is 2.21. The van der Waals surface area contributed by atoms with Crippen LogP contribution in [0.4, 0.5) is 10.2 Å². The van der Waals surface area contributed by atoms with Crippen molar-refractivity contribution in [2.24, 2.45) is 0 Å². The molecule has 108 valence electrons. The maximum atomic E-state index is 13.8. The van der Waals surface area contributed by atoms with Gasteiger partial charge >= 0.3 is 5.97 Å². The number of carboxylic acids is 1. The van der Waals surface area contributed by atoms with E-state index in [2.05, 4.69) is 15.3 Å². The van der Waals surface area contributed by atoms with E-state index in [-0.39, 0.29) is 17.1 Å². The van der Waals surface area contributed by atoms with Crippen LogP contribution in [-0.2, 0) is 0 Å². The number of hydrogen-bond donors (Lipinski definition) is 2. The predicted octanol–water partition coefficient (Wildman–Crippen LogP) is 1.57. The summed E-state index contributed by atoms with van der Waals surface area (Å²) in [4.78, 5) is 30.4. The van der Waals surface area contributed by atoms with E-state index in [0.717, 1.165) is 6.07 Å². The number of halogens is 1. The number of anilines is 1. The van der Waals surface area contributed by atoms with Crippen molar-refractivity contribution in [3.05, 3.63) is 47.7 Å². The summed E-state index contributed by atoms with van der Waals surface area (Å²) in [5.41, 5.74) is -0.789. The molecule has 0 atom stereocenters. The molecule has 0 aliphatic carbocycles. The number of aromatic nitrogens is 2. The highest BCUT2D eigenvalue weighted by atomic mass is 19.1. The molecule has 0 saturated carbocycles. The van der Waals surface area contributed by atoms with Crippen LogP contribution in [0, 0.1) is 5.82 Å². The van der Waals surface area contributed by atoms with Crippen LogP contribution in [0.2, 0.25) is 0 Å². The Morgan fingerprint density at radius 3 is 2.67 bits per heavy atom. The van der Waals surface area contributed by atoms with Gasteiger partial charge in [-0.25, -0.2) is 19.2 Å². The van der Waals surface area contributed by atoms with Crippen LogP contribution in [0.25, 0.3) is 0 Å². The van der Waals surface area contributed by atoms with Crippen LogP contribution in [0.5, 0.6) is 5.75 Å². The third-order valence-electron chi connectivity index (χ3n) is 2.56. The maximum Gasteiger partial charge on any atom is 0.358 e. The van der Waals surface area contributed by atoms with E-state index < -0.39 is 23.4 Å². The van der Waals surface area contributed by atoms with Gasteiger partial charge in [0.25, 0.3) is 5.91 Å². The fourth-order valence-corrected chi connectivity index (χ4v) is 1.65. The predicted molar refractivity (Wildman–Crippen MR) is 69.9 cm³/mol. The van der Waals surface area contributed by atoms with E-state index in [1.807, 2.05) is 0 Å². The molecule has 0 spiro atoms. The zero-order chi connectivity index (χ0) is 15.4. The number of nitrogens with zero attached hydrogens (tertiary/aromatic N) is 2. The second-order valence-corrected chi connectivity index (χ2v) is 3.83. The van der Waals surface area contributed by atoms with Crippen LogP contribution in [-0.4, -0.2) is 34.1 Å². The zero-order valence-corrected chi connectivity index (χ0v) is 10.8. The van der Waals surface area contributed by atoms with E-state index in [4.69, 9.17) is 9.84 Å². The highest BCUT2D eigenvalue weighted by molar-refractivity contribution is 6.08. The topological polar surface area (TPSA) is 101 Å². The lowest BCUT2D eigenvalue weighted by molar-refractivity contribution is 0.0691. The molecule has 2 rings (SSSR count). The molecule has 1 heterocycles. The number of nitrogens with one attached hydrogen (secondary N) is 1. The van der Waals surface area contributed by atoms with Gasteiger partial charge in [-0.1, -0.05) is 6.07 Å². The van der Waals surface area contributed by atoms with E-state index in [1.54, 1.807) is 0 Å². The van der Waals surface area contributed by atoms with Crippen molar-refractivity contribution in [1.29, 1.82) is 0 Å². The Labute approximate surface area is 118 Å². The molecule has 8 heteroatoms. The Morgan fingerprint density at radius 1 is 1.29 bits per heavy atom. The third kappa shape index (κ3) is 2.94. The molecule has 0 aliphatic heterocycles. The smallest absolute Gasteiger partial charge is 0.358 e. The van der Waals surface area contributed by atoms with Crippen molar-refractivity contribution < 1.29 is 23.8 Å². The Balaban J connectivity index is 2.38. The molecular formula is C13H10FN3O4. The summed E-state index contributed by atoms with van der Waals surface area (Å²) in [5, 5.41) is 11.2. The Kier molecular flexibility index (Phi) is 4.07. The molecule has 2 N–H and O–H groups in total. The number of aromatic carboxylic acids is 1. The number of rotatable bonds is 4. The lowest BCUT2D eigenvalue weighted by atomic mass is 10.1. The largest absolute Gasteiger partial charge is 0.496 e. The Bertz CT molecular complexity index is 706. The number of carbonyl (C=O) groups is 2. The number of carboxylic acid groups (broad SMARTS) is 1. The molecule has 1 amide bonds. The van der Waals surface area contributed by atoms with Gasteiger partial charge in [0.15, 0.2) is 11.5 Å². The van der Waals surface area contributed by atoms with Gasteiger partial charge in [0.05, 0.1) is 7.11 Å². The van der Waals surface area contributed by atoms with Gasteiger partial charge < -0.3 is 15.2 Å². The van der Waals surface area contributed by atoms with Gasteiger partial charge in [0.1, 0.15) is 17.1 Å². The van der Waals surface area contributed by atoms with Crippen molar-refractivity contribution >= 4 is 17.7 Å². The number of methoxy groups -OCH3 is 1. The number of carbonyl (C=O) groups excluding carboxylic acids is 1. The first-order chi connectivity index (χ1) is 10.0. The molecule has 21 heavy (non-hydrogen) atoms. The van der Waals surface area contributed by atoms with Crippen LogP contribution in [0.1, 0.15) is 20.8 Å². The average molecular weight is 291 g/mol. The summed E-state index contributed by atoms with van der Waals surface area (Å²) in [7, 11) is 1.29. The van der Waals surface area contributed by atoms with Gasteiger partial charge in [-0.3, -0.25) is 4.79 Å². The summed E-state index contributed by atoms with van der Waals surface area (Å²) in [5.74, 6) is -3.30. The number of amides is 1. The molecule has 2 aromatic rings. The van der Waals surface area contributed by atoms with Gasteiger partial charge in [0, 0.05) is 12.4 Å². The third-order valence-corrected chi connectivity index (χ3v) is 2.56. The van der Waals surface area contributed by atoms with E-state index >= 15 is 0 Å². The highest BCUT2D eigenvalue weighted by Crippen LogP contribution is 2.22. The van der Waals surface area contributed by atoms with Gasteiger partial charge in [-0.05, 0) is 12.1 Å². The first-order valence-corrected chi connectivity index (χ1v) is 5.72. The lowest BCUT2D eigenvalue weighted by Crippen LogP contribution is -2.19. The van der Waals surface area contributed by atoms with Crippen LogP contribution in [0.3, 0.4) is 0 Å². The van der Waals surface area contributed by atoms with Crippen molar-refractivity contribution in [1.82, 2.24) is 9.97 Å². The molecule has 7 nitrogen and oxygen atoms in total. The fraction of sp³-hybridized carbons (Fsp3) is 0.0769. The van der Waals surface area contributed by atoms with Crippen LogP contribution >= 0.6 is 0 Å². The molecule has 0 unspecified atom stereocenters. The van der Waals surface area contributed by atoms with Crippen LogP contribution in [0.15, 0.2) is 30.6 Å². The summed E-state index contributed by atoms with van der Waals surface area (Å²) < 4.78 is 18.7. The van der Waals surface area contributed by atoms with Crippen molar-refractivity contribution in [2.75, 3.05) is 12.4 Å². The minimum absolute atomic E-state index is 0.0215. The zero-order valence-electron chi connectivity index (χ0n) is 10.8. The molecule has 0 radical (unpaired) electrons. The van der Waals surface area contributed by atoms with Gasteiger partial charge in [0.2, 0.25) is 0 Å². The number of hydrogen-bond acceptors (Lipinski definition) is 5. The minimum Gasteiger partial charge on any atom is -0.496 e. The molecule has 0 saturated heterocycles. The van der Waals surface area contributed by atoms with E-state index in [9.17, 15) is 14.0 Å². The van der Waals surface area contributed by atoms with Crippen molar-refractivity contribution in [3.8, 4) is 5.75 Å². The average Bonchev–Trinajstić information content (AvgIpc) is 2.47.